The zero-order valence-electron chi connectivity index (χ0n) is 13.8. The number of hydrogen-bond acceptors (Lipinski definition) is 3. The molecular weight excluding hydrogens is 290 g/mol. The van der Waals surface area contributed by atoms with E-state index in [1.807, 2.05) is 35.2 Å². The van der Waals surface area contributed by atoms with E-state index in [1.54, 1.807) is 6.20 Å². The summed E-state index contributed by atoms with van der Waals surface area (Å²) in [7, 11) is 1.92. The van der Waals surface area contributed by atoms with Crippen LogP contribution in [0.25, 0.3) is 0 Å². The van der Waals surface area contributed by atoms with E-state index in [0.717, 1.165) is 44.3 Å². The summed E-state index contributed by atoms with van der Waals surface area (Å²) in [4.78, 5) is 32.5. The van der Waals surface area contributed by atoms with Gasteiger partial charge in [0.05, 0.1) is 0 Å². The van der Waals surface area contributed by atoms with Gasteiger partial charge < -0.3 is 9.80 Å². The number of nitrogens with zero attached hydrogens (tertiary/aromatic N) is 3. The Balaban J connectivity index is 1.56. The summed E-state index contributed by atoms with van der Waals surface area (Å²) in [5.41, 5.74) is 1.11. The summed E-state index contributed by atoms with van der Waals surface area (Å²) in [5, 5.41) is 0. The van der Waals surface area contributed by atoms with Crippen LogP contribution < -0.4 is 0 Å². The number of hydrogen-bond donors (Lipinski definition) is 0. The zero-order valence-corrected chi connectivity index (χ0v) is 13.8. The largest absolute Gasteiger partial charge is 0.342 e. The summed E-state index contributed by atoms with van der Waals surface area (Å²) in [6.45, 7) is 1.57. The molecule has 23 heavy (non-hydrogen) atoms. The van der Waals surface area contributed by atoms with Gasteiger partial charge in [0.25, 0.3) is 0 Å². The topological polar surface area (TPSA) is 53.5 Å². The van der Waals surface area contributed by atoms with Crippen molar-refractivity contribution >= 4 is 11.8 Å². The Morgan fingerprint density at radius 2 is 2.26 bits per heavy atom. The molecule has 2 fully saturated rings. The number of carbonyl (C=O) groups excluding carboxylic acids is 2. The lowest BCUT2D eigenvalue weighted by atomic mass is 9.88. The van der Waals surface area contributed by atoms with Gasteiger partial charge in [-0.25, -0.2) is 0 Å². The van der Waals surface area contributed by atoms with E-state index in [2.05, 4.69) is 4.98 Å². The minimum absolute atomic E-state index is 0.227. The number of likely N-dealkylation sites (tertiary alicyclic amines) is 2. The molecule has 0 bridgehead atoms. The van der Waals surface area contributed by atoms with Gasteiger partial charge in [0.1, 0.15) is 0 Å². The second-order valence-electron chi connectivity index (χ2n) is 6.71. The Labute approximate surface area is 137 Å². The SMILES string of the molecule is CN1C(=O)CCC[C@H]2CN(C(=O)CCc3cccnc3)CC[C@H]21. The number of amides is 2. The van der Waals surface area contributed by atoms with Crippen molar-refractivity contribution in [1.82, 2.24) is 14.8 Å². The Hall–Kier alpha value is -1.91. The van der Waals surface area contributed by atoms with Gasteiger partial charge in [-0.15, -0.1) is 0 Å². The highest BCUT2D eigenvalue weighted by Crippen LogP contribution is 2.29. The fourth-order valence-electron chi connectivity index (χ4n) is 3.87. The van der Waals surface area contributed by atoms with E-state index >= 15 is 0 Å². The van der Waals surface area contributed by atoms with Crippen LogP contribution >= 0.6 is 0 Å². The third kappa shape index (κ3) is 3.71. The Morgan fingerprint density at radius 3 is 3.04 bits per heavy atom. The van der Waals surface area contributed by atoms with E-state index in [9.17, 15) is 9.59 Å². The van der Waals surface area contributed by atoms with Crippen LogP contribution in [-0.4, -0.2) is 52.8 Å². The maximum atomic E-state index is 12.5. The van der Waals surface area contributed by atoms with Gasteiger partial charge in [0.15, 0.2) is 0 Å². The first kappa shape index (κ1) is 16.0. The molecule has 2 saturated heterocycles. The summed E-state index contributed by atoms with van der Waals surface area (Å²) in [5.74, 6) is 0.918. The first-order valence-corrected chi connectivity index (χ1v) is 8.57. The first-order chi connectivity index (χ1) is 11.1. The lowest BCUT2D eigenvalue weighted by molar-refractivity contribution is -0.136. The number of pyridine rings is 1. The maximum absolute atomic E-state index is 12.5. The van der Waals surface area contributed by atoms with Gasteiger partial charge in [-0.05, 0) is 43.2 Å². The van der Waals surface area contributed by atoms with Crippen molar-refractivity contribution in [3.8, 4) is 0 Å². The second-order valence-corrected chi connectivity index (χ2v) is 6.71. The van der Waals surface area contributed by atoms with E-state index in [4.69, 9.17) is 0 Å². The minimum atomic E-state index is 0.227. The summed E-state index contributed by atoms with van der Waals surface area (Å²) in [6, 6.07) is 4.23. The molecule has 0 saturated carbocycles. The third-order valence-corrected chi connectivity index (χ3v) is 5.25. The Morgan fingerprint density at radius 1 is 1.39 bits per heavy atom. The van der Waals surface area contributed by atoms with E-state index < -0.39 is 0 Å². The van der Waals surface area contributed by atoms with Crippen LogP contribution in [0.1, 0.15) is 37.7 Å². The average Bonchev–Trinajstić information content (AvgIpc) is 2.72. The van der Waals surface area contributed by atoms with Gasteiger partial charge in [-0.2, -0.15) is 0 Å². The molecule has 2 amide bonds. The molecule has 3 heterocycles. The molecule has 1 aromatic heterocycles. The molecule has 5 heteroatoms. The summed E-state index contributed by atoms with van der Waals surface area (Å²) in [6.07, 6.45) is 8.41. The molecular formula is C18H25N3O2. The third-order valence-electron chi connectivity index (χ3n) is 5.25. The van der Waals surface area contributed by atoms with Crippen molar-refractivity contribution in [1.29, 1.82) is 0 Å². The summed E-state index contributed by atoms with van der Waals surface area (Å²) >= 11 is 0. The first-order valence-electron chi connectivity index (χ1n) is 8.57. The number of rotatable bonds is 3. The molecule has 0 unspecified atom stereocenters. The molecule has 5 nitrogen and oxygen atoms in total. The fraction of sp³-hybridized carbons (Fsp3) is 0.611. The Bertz CT molecular complexity index is 561. The number of aryl methyl sites for hydroxylation is 1. The highest BCUT2D eigenvalue weighted by molar-refractivity contribution is 5.77. The standard InChI is InChI=1S/C18H25N3O2/c1-20-16-9-11-21(13-15(16)5-2-6-17(20)22)18(23)8-7-14-4-3-10-19-12-14/h3-4,10,12,15-16H,2,5-9,11,13H2,1H3/t15-,16+/m0/s1. The maximum Gasteiger partial charge on any atom is 0.222 e. The van der Waals surface area contributed by atoms with Crippen LogP contribution in [0.4, 0.5) is 0 Å². The van der Waals surface area contributed by atoms with E-state index in [1.165, 1.54) is 0 Å². The van der Waals surface area contributed by atoms with E-state index in [0.29, 0.717) is 24.8 Å². The van der Waals surface area contributed by atoms with Crippen molar-refractivity contribution in [3.63, 3.8) is 0 Å². The molecule has 2 aliphatic rings. The van der Waals surface area contributed by atoms with Gasteiger partial charge in [0, 0.05) is 51.4 Å². The minimum Gasteiger partial charge on any atom is -0.342 e. The Kier molecular flexibility index (Phi) is 4.94. The molecule has 0 spiro atoms. The molecule has 0 N–H and O–H groups in total. The van der Waals surface area contributed by atoms with Crippen LogP contribution in [-0.2, 0) is 16.0 Å². The molecule has 0 aromatic carbocycles. The zero-order chi connectivity index (χ0) is 16.2. The number of aromatic nitrogens is 1. The number of piperidine rings is 1. The molecule has 2 aliphatic heterocycles. The molecule has 3 rings (SSSR count). The van der Waals surface area contributed by atoms with Crippen molar-refractivity contribution in [2.75, 3.05) is 20.1 Å². The molecule has 0 aliphatic carbocycles. The van der Waals surface area contributed by atoms with Crippen molar-refractivity contribution in [2.45, 2.75) is 44.6 Å². The van der Waals surface area contributed by atoms with Crippen LogP contribution in [0.2, 0.25) is 0 Å². The van der Waals surface area contributed by atoms with Crippen LogP contribution in [0.5, 0.6) is 0 Å². The van der Waals surface area contributed by atoms with Crippen LogP contribution in [0, 0.1) is 5.92 Å². The van der Waals surface area contributed by atoms with Crippen LogP contribution in [0.3, 0.4) is 0 Å². The predicted molar refractivity (Wildman–Crippen MR) is 87.7 cm³/mol. The molecule has 1 aromatic rings. The monoisotopic (exact) mass is 315 g/mol. The van der Waals surface area contributed by atoms with Gasteiger partial charge in [-0.1, -0.05) is 6.07 Å². The van der Waals surface area contributed by atoms with Crippen molar-refractivity contribution < 1.29 is 9.59 Å². The molecule has 2 atom stereocenters. The molecule has 124 valence electrons. The highest BCUT2D eigenvalue weighted by Gasteiger charge is 2.36. The smallest absolute Gasteiger partial charge is 0.222 e. The highest BCUT2D eigenvalue weighted by atomic mass is 16.2. The van der Waals surface area contributed by atoms with Crippen LogP contribution in [0.15, 0.2) is 24.5 Å². The van der Waals surface area contributed by atoms with Crippen molar-refractivity contribution in [3.05, 3.63) is 30.1 Å². The quantitative estimate of drug-likeness (QED) is 0.856. The second kappa shape index (κ2) is 7.11. The fourth-order valence-corrected chi connectivity index (χ4v) is 3.87. The van der Waals surface area contributed by atoms with Gasteiger partial charge in [-0.3, -0.25) is 14.6 Å². The molecule has 0 radical (unpaired) electrons. The van der Waals surface area contributed by atoms with Gasteiger partial charge >= 0.3 is 0 Å². The number of fused-ring (bicyclic) bond motifs is 1. The van der Waals surface area contributed by atoms with Crippen molar-refractivity contribution in [2.24, 2.45) is 5.92 Å². The predicted octanol–water partition coefficient (Wildman–Crippen LogP) is 1.87. The van der Waals surface area contributed by atoms with Gasteiger partial charge in [0.2, 0.25) is 11.8 Å². The van der Waals surface area contributed by atoms with E-state index in [-0.39, 0.29) is 11.8 Å². The summed E-state index contributed by atoms with van der Waals surface area (Å²) < 4.78 is 0. The lowest BCUT2D eigenvalue weighted by Crippen LogP contribution is -2.51. The average molecular weight is 315 g/mol. The lowest BCUT2D eigenvalue weighted by Gasteiger charge is -2.41. The number of carbonyl (C=O) groups is 2. The normalized spacial score (nSPS) is 25.0.